The molecular formula is C18H19BrO2. The first-order valence-corrected chi connectivity index (χ1v) is 8.11. The predicted molar refractivity (Wildman–Crippen MR) is 87.8 cm³/mol. The zero-order valence-electron chi connectivity index (χ0n) is 12.1. The molecule has 0 bridgehead atoms. The lowest BCUT2D eigenvalue weighted by Crippen LogP contribution is -2.16. The number of fused-ring (bicyclic) bond motifs is 1. The molecular weight excluding hydrogens is 328 g/mol. The monoisotopic (exact) mass is 346 g/mol. The molecule has 3 rings (SSSR count). The third-order valence-corrected chi connectivity index (χ3v) is 5.12. The summed E-state index contributed by atoms with van der Waals surface area (Å²) < 4.78 is 6.74. The number of aliphatic hydroxyl groups excluding tert-OH is 1. The quantitative estimate of drug-likeness (QED) is 0.868. The van der Waals surface area contributed by atoms with Gasteiger partial charge >= 0.3 is 0 Å². The van der Waals surface area contributed by atoms with Crippen LogP contribution in [-0.2, 0) is 0 Å². The van der Waals surface area contributed by atoms with Gasteiger partial charge in [0.25, 0.3) is 0 Å². The van der Waals surface area contributed by atoms with Gasteiger partial charge in [0.15, 0.2) is 0 Å². The van der Waals surface area contributed by atoms with Gasteiger partial charge in [0.2, 0.25) is 0 Å². The van der Waals surface area contributed by atoms with Crippen LogP contribution in [0.1, 0.15) is 41.6 Å². The van der Waals surface area contributed by atoms with Gasteiger partial charge in [-0.15, -0.1) is 0 Å². The van der Waals surface area contributed by atoms with Crippen LogP contribution >= 0.6 is 15.9 Å². The summed E-state index contributed by atoms with van der Waals surface area (Å²) in [7, 11) is 0. The molecule has 0 amide bonds. The van der Waals surface area contributed by atoms with E-state index >= 15 is 0 Å². The molecule has 0 radical (unpaired) electrons. The summed E-state index contributed by atoms with van der Waals surface area (Å²) in [6.45, 7) is 2.77. The highest BCUT2D eigenvalue weighted by Crippen LogP contribution is 2.39. The lowest BCUT2D eigenvalue weighted by Gasteiger charge is -2.28. The third-order valence-electron chi connectivity index (χ3n) is 4.26. The maximum atomic E-state index is 10.6. The van der Waals surface area contributed by atoms with Crippen LogP contribution in [0.25, 0.3) is 0 Å². The van der Waals surface area contributed by atoms with Crippen LogP contribution in [0.4, 0.5) is 0 Å². The van der Waals surface area contributed by atoms with Crippen molar-refractivity contribution in [2.45, 2.75) is 31.8 Å². The van der Waals surface area contributed by atoms with Crippen molar-refractivity contribution in [2.75, 3.05) is 6.61 Å². The number of rotatable bonds is 3. The second-order valence-electron chi connectivity index (χ2n) is 5.58. The van der Waals surface area contributed by atoms with Crippen LogP contribution in [0.3, 0.4) is 0 Å². The Morgan fingerprint density at radius 2 is 2.05 bits per heavy atom. The van der Waals surface area contributed by atoms with Crippen molar-refractivity contribution in [3.8, 4) is 5.75 Å². The van der Waals surface area contributed by atoms with Crippen LogP contribution in [-0.4, -0.2) is 11.7 Å². The molecule has 1 heterocycles. The Hall–Kier alpha value is -1.32. The van der Waals surface area contributed by atoms with Gasteiger partial charge < -0.3 is 9.84 Å². The number of benzene rings is 2. The first-order chi connectivity index (χ1) is 10.2. The molecule has 0 saturated heterocycles. The Morgan fingerprint density at radius 1 is 1.24 bits per heavy atom. The van der Waals surface area contributed by atoms with E-state index in [0.29, 0.717) is 5.92 Å². The molecule has 2 aromatic rings. The van der Waals surface area contributed by atoms with Gasteiger partial charge in [-0.25, -0.2) is 0 Å². The summed E-state index contributed by atoms with van der Waals surface area (Å²) in [5.74, 6) is 1.32. The first-order valence-electron chi connectivity index (χ1n) is 7.31. The zero-order valence-corrected chi connectivity index (χ0v) is 13.6. The Bertz CT molecular complexity index is 639. The molecule has 1 aliphatic heterocycles. The summed E-state index contributed by atoms with van der Waals surface area (Å²) in [4.78, 5) is 0. The third kappa shape index (κ3) is 2.99. The number of halogens is 1. The van der Waals surface area contributed by atoms with Crippen LogP contribution < -0.4 is 4.74 Å². The number of para-hydroxylation sites is 1. The minimum absolute atomic E-state index is 0.350. The minimum atomic E-state index is -0.446. The maximum Gasteiger partial charge on any atom is 0.122 e. The second kappa shape index (κ2) is 6.20. The standard InChI is InChI=1S/C18H19BrO2/c1-12-14(6-4-7-16(12)19)17(20)11-13-9-10-21-18-8-3-2-5-15(13)18/h2-8,13,17,20H,9-11H2,1H3. The van der Waals surface area contributed by atoms with E-state index in [1.807, 2.05) is 43.3 Å². The van der Waals surface area contributed by atoms with Crippen molar-refractivity contribution in [1.29, 1.82) is 0 Å². The summed E-state index contributed by atoms with van der Waals surface area (Å²) in [6, 6.07) is 14.2. The molecule has 0 saturated carbocycles. The van der Waals surface area contributed by atoms with Gasteiger partial charge in [-0.2, -0.15) is 0 Å². The molecule has 21 heavy (non-hydrogen) atoms. The molecule has 2 nitrogen and oxygen atoms in total. The van der Waals surface area contributed by atoms with Crippen molar-refractivity contribution in [3.05, 3.63) is 63.6 Å². The Labute approximate surface area is 133 Å². The summed E-state index contributed by atoms with van der Waals surface area (Å²) >= 11 is 3.53. The molecule has 3 heteroatoms. The van der Waals surface area contributed by atoms with Crippen molar-refractivity contribution >= 4 is 15.9 Å². The fraction of sp³-hybridized carbons (Fsp3) is 0.333. The molecule has 2 aromatic carbocycles. The lowest BCUT2D eigenvalue weighted by atomic mass is 9.86. The van der Waals surface area contributed by atoms with Gasteiger partial charge in [0.05, 0.1) is 12.7 Å². The topological polar surface area (TPSA) is 29.5 Å². The normalized spacial score (nSPS) is 18.7. The van der Waals surface area contributed by atoms with Crippen molar-refractivity contribution in [3.63, 3.8) is 0 Å². The van der Waals surface area contributed by atoms with E-state index in [9.17, 15) is 5.11 Å². The molecule has 110 valence electrons. The van der Waals surface area contributed by atoms with E-state index in [-0.39, 0.29) is 0 Å². The Kier molecular flexibility index (Phi) is 4.32. The Morgan fingerprint density at radius 3 is 2.90 bits per heavy atom. The molecule has 2 atom stereocenters. The van der Waals surface area contributed by atoms with E-state index in [0.717, 1.165) is 40.8 Å². The zero-order chi connectivity index (χ0) is 14.8. The van der Waals surface area contributed by atoms with Crippen LogP contribution in [0.5, 0.6) is 5.75 Å². The van der Waals surface area contributed by atoms with E-state index in [1.165, 1.54) is 5.56 Å². The number of ether oxygens (including phenoxy) is 1. The predicted octanol–water partition coefficient (Wildman–Crippen LogP) is 4.75. The summed E-state index contributed by atoms with van der Waals surface area (Å²) in [5.41, 5.74) is 3.34. The van der Waals surface area contributed by atoms with Crippen LogP contribution in [0.15, 0.2) is 46.9 Å². The smallest absolute Gasteiger partial charge is 0.122 e. The SMILES string of the molecule is Cc1c(Br)cccc1C(O)CC1CCOc2ccccc21. The van der Waals surface area contributed by atoms with Gasteiger partial charge in [0.1, 0.15) is 5.75 Å². The van der Waals surface area contributed by atoms with Gasteiger partial charge in [-0.05, 0) is 54.5 Å². The highest BCUT2D eigenvalue weighted by Gasteiger charge is 2.25. The lowest BCUT2D eigenvalue weighted by molar-refractivity contribution is 0.144. The van der Waals surface area contributed by atoms with Crippen LogP contribution in [0, 0.1) is 6.92 Å². The average Bonchev–Trinajstić information content (AvgIpc) is 2.50. The first kappa shape index (κ1) is 14.6. The molecule has 1 N–H and O–H groups in total. The molecule has 0 aromatic heterocycles. The molecule has 0 fully saturated rings. The molecule has 0 aliphatic carbocycles. The average molecular weight is 347 g/mol. The van der Waals surface area contributed by atoms with Crippen molar-refractivity contribution in [1.82, 2.24) is 0 Å². The Balaban J connectivity index is 1.83. The minimum Gasteiger partial charge on any atom is -0.493 e. The van der Waals surface area contributed by atoms with Gasteiger partial charge in [-0.1, -0.05) is 46.3 Å². The number of hydrogen-bond donors (Lipinski definition) is 1. The highest BCUT2D eigenvalue weighted by atomic mass is 79.9. The number of hydrogen-bond acceptors (Lipinski definition) is 2. The maximum absolute atomic E-state index is 10.6. The van der Waals surface area contributed by atoms with Gasteiger partial charge in [-0.3, -0.25) is 0 Å². The second-order valence-corrected chi connectivity index (χ2v) is 6.43. The molecule has 1 aliphatic rings. The highest BCUT2D eigenvalue weighted by molar-refractivity contribution is 9.10. The van der Waals surface area contributed by atoms with Crippen LogP contribution in [0.2, 0.25) is 0 Å². The fourth-order valence-electron chi connectivity index (χ4n) is 3.04. The van der Waals surface area contributed by atoms with Crippen molar-refractivity contribution in [2.24, 2.45) is 0 Å². The van der Waals surface area contributed by atoms with Gasteiger partial charge in [0, 0.05) is 4.47 Å². The molecule has 2 unspecified atom stereocenters. The van der Waals surface area contributed by atoms with E-state index in [2.05, 4.69) is 22.0 Å². The van der Waals surface area contributed by atoms with E-state index < -0.39 is 6.10 Å². The van der Waals surface area contributed by atoms with E-state index in [1.54, 1.807) is 0 Å². The molecule has 0 spiro atoms. The largest absolute Gasteiger partial charge is 0.493 e. The van der Waals surface area contributed by atoms with E-state index in [4.69, 9.17) is 4.74 Å². The number of aliphatic hydroxyl groups is 1. The summed E-state index contributed by atoms with van der Waals surface area (Å²) in [5, 5.41) is 10.6. The fourth-order valence-corrected chi connectivity index (χ4v) is 3.42. The summed E-state index contributed by atoms with van der Waals surface area (Å²) in [6.07, 6.45) is 1.25. The van der Waals surface area contributed by atoms with Crippen molar-refractivity contribution < 1.29 is 9.84 Å².